The number of nitrogens with two attached hydrogens (primary N) is 1. The van der Waals surface area contributed by atoms with E-state index < -0.39 is 11.9 Å². The fourth-order valence-corrected chi connectivity index (χ4v) is 1.74. The number of pyridine rings is 1. The highest BCUT2D eigenvalue weighted by molar-refractivity contribution is 5.90. The molecule has 0 unspecified atom stereocenters. The van der Waals surface area contributed by atoms with Crippen LogP contribution in [0, 0.1) is 13.8 Å². The predicted octanol–water partition coefficient (Wildman–Crippen LogP) is 0.0387. The minimum absolute atomic E-state index is 0.00284. The van der Waals surface area contributed by atoms with Gasteiger partial charge in [0.1, 0.15) is 0 Å². The lowest BCUT2D eigenvalue weighted by Gasteiger charge is -2.13. The molecule has 0 aliphatic heterocycles. The van der Waals surface area contributed by atoms with Crippen molar-refractivity contribution in [3.63, 3.8) is 0 Å². The van der Waals surface area contributed by atoms with E-state index in [0.29, 0.717) is 11.3 Å². The second-order valence-electron chi connectivity index (χ2n) is 3.80. The molecule has 1 aromatic rings. The van der Waals surface area contributed by atoms with Gasteiger partial charge in [0, 0.05) is 24.7 Å². The van der Waals surface area contributed by atoms with Gasteiger partial charge >= 0.3 is 5.97 Å². The van der Waals surface area contributed by atoms with Crippen LogP contribution in [0.3, 0.4) is 0 Å². The van der Waals surface area contributed by atoms with Gasteiger partial charge in [-0.25, -0.2) is 4.79 Å². The maximum absolute atomic E-state index is 11.7. The van der Waals surface area contributed by atoms with Crippen LogP contribution in [-0.4, -0.2) is 21.6 Å². The van der Waals surface area contributed by atoms with Crippen molar-refractivity contribution in [2.45, 2.75) is 26.8 Å². The summed E-state index contributed by atoms with van der Waals surface area (Å²) in [7, 11) is 0. The molecule has 0 spiro atoms. The third kappa shape index (κ3) is 2.72. The standard InChI is InChI=1S/C11H14N2O4/c1-6-5-9(15)13(4-3-8(12)14)7(2)10(6)11(16)17/h5H,3-4H2,1-2H3,(H2,12,14)(H,16,17). The number of hydrogen-bond acceptors (Lipinski definition) is 3. The van der Waals surface area contributed by atoms with E-state index in [2.05, 4.69) is 0 Å². The Morgan fingerprint density at radius 1 is 1.41 bits per heavy atom. The van der Waals surface area contributed by atoms with Crippen LogP contribution in [-0.2, 0) is 11.3 Å². The van der Waals surface area contributed by atoms with Gasteiger partial charge in [0.25, 0.3) is 5.56 Å². The Hall–Kier alpha value is -2.11. The van der Waals surface area contributed by atoms with Crippen molar-refractivity contribution < 1.29 is 14.7 Å². The van der Waals surface area contributed by atoms with Crippen molar-refractivity contribution in [3.05, 3.63) is 33.2 Å². The van der Waals surface area contributed by atoms with Crippen molar-refractivity contribution in [2.75, 3.05) is 0 Å². The maximum atomic E-state index is 11.7. The molecule has 1 amide bonds. The molecule has 0 fully saturated rings. The summed E-state index contributed by atoms with van der Waals surface area (Å²) in [6.45, 7) is 3.20. The van der Waals surface area contributed by atoms with E-state index in [1.165, 1.54) is 10.6 Å². The predicted molar refractivity (Wildman–Crippen MR) is 60.9 cm³/mol. The summed E-state index contributed by atoms with van der Waals surface area (Å²) in [5.74, 6) is -1.62. The quantitative estimate of drug-likeness (QED) is 0.772. The van der Waals surface area contributed by atoms with Gasteiger partial charge in [-0.05, 0) is 19.4 Å². The van der Waals surface area contributed by atoms with Gasteiger partial charge in [0.15, 0.2) is 0 Å². The Bertz CT molecular complexity index is 531. The lowest BCUT2D eigenvalue weighted by atomic mass is 10.1. The summed E-state index contributed by atoms with van der Waals surface area (Å²) >= 11 is 0. The number of nitrogens with zero attached hydrogens (tertiary/aromatic N) is 1. The molecular formula is C11H14N2O4. The summed E-state index contributed by atoms with van der Waals surface area (Å²) in [5, 5.41) is 9.03. The van der Waals surface area contributed by atoms with Crippen molar-refractivity contribution in [3.8, 4) is 0 Å². The molecule has 0 atom stereocenters. The smallest absolute Gasteiger partial charge is 0.337 e. The molecule has 6 heteroatoms. The number of aryl methyl sites for hydroxylation is 1. The topological polar surface area (TPSA) is 102 Å². The lowest BCUT2D eigenvalue weighted by molar-refractivity contribution is -0.118. The Morgan fingerprint density at radius 2 is 2.00 bits per heavy atom. The largest absolute Gasteiger partial charge is 0.478 e. The molecule has 0 radical (unpaired) electrons. The third-order valence-corrected chi connectivity index (χ3v) is 2.56. The molecule has 0 saturated heterocycles. The van der Waals surface area contributed by atoms with E-state index in [1.807, 2.05) is 0 Å². The highest BCUT2D eigenvalue weighted by atomic mass is 16.4. The van der Waals surface area contributed by atoms with Gasteiger partial charge in [-0.2, -0.15) is 0 Å². The number of carboxylic acid groups (broad SMARTS) is 1. The zero-order valence-electron chi connectivity index (χ0n) is 9.69. The number of aromatic carboxylic acids is 1. The number of primary amides is 1. The Kier molecular flexibility index (Phi) is 3.67. The van der Waals surface area contributed by atoms with Gasteiger partial charge in [-0.15, -0.1) is 0 Å². The second kappa shape index (κ2) is 4.82. The highest BCUT2D eigenvalue weighted by Gasteiger charge is 2.15. The van der Waals surface area contributed by atoms with E-state index >= 15 is 0 Å². The molecule has 17 heavy (non-hydrogen) atoms. The van der Waals surface area contributed by atoms with Crippen molar-refractivity contribution in [1.29, 1.82) is 0 Å². The van der Waals surface area contributed by atoms with Crippen molar-refractivity contribution >= 4 is 11.9 Å². The van der Waals surface area contributed by atoms with Gasteiger partial charge in [0.05, 0.1) is 5.56 Å². The Balaban J connectivity index is 3.31. The summed E-state index contributed by atoms with van der Waals surface area (Å²) in [4.78, 5) is 33.4. The average Bonchev–Trinajstić information content (AvgIpc) is 2.14. The number of carboxylic acids is 1. The van der Waals surface area contributed by atoms with Crippen LogP contribution in [0.1, 0.15) is 28.0 Å². The highest BCUT2D eigenvalue weighted by Crippen LogP contribution is 2.11. The number of carbonyl (C=O) groups excluding carboxylic acids is 1. The first kappa shape index (κ1) is 13.0. The summed E-state index contributed by atoms with van der Waals surface area (Å²) < 4.78 is 1.25. The zero-order valence-corrected chi connectivity index (χ0v) is 9.69. The fourth-order valence-electron chi connectivity index (χ4n) is 1.74. The zero-order chi connectivity index (χ0) is 13.2. The van der Waals surface area contributed by atoms with E-state index in [4.69, 9.17) is 10.8 Å². The van der Waals surface area contributed by atoms with Crippen molar-refractivity contribution in [2.24, 2.45) is 5.73 Å². The van der Waals surface area contributed by atoms with E-state index in [-0.39, 0.29) is 24.1 Å². The minimum atomic E-state index is -1.09. The SMILES string of the molecule is Cc1cc(=O)n(CCC(N)=O)c(C)c1C(=O)O. The molecule has 0 aromatic carbocycles. The molecule has 0 bridgehead atoms. The van der Waals surface area contributed by atoms with E-state index in [1.54, 1.807) is 13.8 Å². The molecule has 0 aliphatic carbocycles. The second-order valence-corrected chi connectivity index (χ2v) is 3.80. The first-order valence-electron chi connectivity index (χ1n) is 5.07. The third-order valence-electron chi connectivity index (χ3n) is 2.56. The molecule has 0 saturated carbocycles. The van der Waals surface area contributed by atoms with Crippen LogP contribution in [0.5, 0.6) is 0 Å². The molecule has 6 nitrogen and oxygen atoms in total. The number of carbonyl (C=O) groups is 2. The fraction of sp³-hybridized carbons (Fsp3) is 0.364. The molecule has 1 aromatic heterocycles. The minimum Gasteiger partial charge on any atom is -0.478 e. The number of amides is 1. The van der Waals surface area contributed by atoms with E-state index in [9.17, 15) is 14.4 Å². The van der Waals surface area contributed by atoms with Crippen LogP contribution in [0.4, 0.5) is 0 Å². The normalized spacial score (nSPS) is 10.2. The van der Waals surface area contributed by atoms with Gasteiger partial charge in [-0.3, -0.25) is 9.59 Å². The summed E-state index contributed by atoms with van der Waals surface area (Å²) in [6, 6.07) is 1.25. The van der Waals surface area contributed by atoms with E-state index in [0.717, 1.165) is 0 Å². The lowest BCUT2D eigenvalue weighted by Crippen LogP contribution is -2.27. The van der Waals surface area contributed by atoms with Crippen molar-refractivity contribution in [1.82, 2.24) is 4.57 Å². The molecular weight excluding hydrogens is 224 g/mol. The number of aromatic nitrogens is 1. The van der Waals surface area contributed by atoms with Crippen LogP contribution in [0.15, 0.2) is 10.9 Å². The number of hydrogen-bond donors (Lipinski definition) is 2. The summed E-state index contributed by atoms with van der Waals surface area (Å²) in [5.41, 5.74) is 5.51. The number of rotatable bonds is 4. The maximum Gasteiger partial charge on any atom is 0.337 e. The molecule has 92 valence electrons. The molecule has 1 heterocycles. The van der Waals surface area contributed by atoms with Crippen LogP contribution >= 0.6 is 0 Å². The Labute approximate surface area is 97.7 Å². The average molecular weight is 238 g/mol. The van der Waals surface area contributed by atoms with Gasteiger partial charge < -0.3 is 15.4 Å². The Morgan fingerprint density at radius 3 is 2.47 bits per heavy atom. The van der Waals surface area contributed by atoms with Gasteiger partial charge in [-0.1, -0.05) is 0 Å². The summed E-state index contributed by atoms with van der Waals surface area (Å²) in [6.07, 6.45) is 0.00284. The van der Waals surface area contributed by atoms with Gasteiger partial charge in [0.2, 0.25) is 5.91 Å². The molecule has 3 N–H and O–H groups in total. The monoisotopic (exact) mass is 238 g/mol. The first-order chi connectivity index (χ1) is 7.84. The van der Waals surface area contributed by atoms with Crippen LogP contribution < -0.4 is 11.3 Å². The first-order valence-corrected chi connectivity index (χ1v) is 5.07. The molecule has 1 rings (SSSR count). The molecule has 0 aliphatic rings. The van der Waals surface area contributed by atoms with Crippen LogP contribution in [0.2, 0.25) is 0 Å². The van der Waals surface area contributed by atoms with Crippen LogP contribution in [0.25, 0.3) is 0 Å².